The molecular weight excluding hydrogens is 374 g/mol. The molecule has 1 unspecified atom stereocenters. The van der Waals surface area contributed by atoms with Gasteiger partial charge in [-0.3, -0.25) is 9.59 Å². The quantitative estimate of drug-likeness (QED) is 0.593. The molecule has 0 saturated carbocycles. The predicted molar refractivity (Wildman–Crippen MR) is 111 cm³/mol. The predicted octanol–water partition coefficient (Wildman–Crippen LogP) is 4.66. The zero-order valence-corrected chi connectivity index (χ0v) is 16.7. The van der Waals surface area contributed by atoms with Crippen molar-refractivity contribution < 1.29 is 14.1 Å². The van der Waals surface area contributed by atoms with E-state index in [4.69, 9.17) is 4.52 Å². The summed E-state index contributed by atoms with van der Waals surface area (Å²) in [7, 11) is 0. The molecule has 6 nitrogen and oxygen atoms in total. The Kier molecular flexibility index (Phi) is 6.16. The van der Waals surface area contributed by atoms with Crippen molar-refractivity contribution in [2.24, 2.45) is 0 Å². The summed E-state index contributed by atoms with van der Waals surface area (Å²) in [6, 6.07) is 16.5. The van der Waals surface area contributed by atoms with Crippen molar-refractivity contribution in [2.45, 2.75) is 30.9 Å². The highest BCUT2D eigenvalue weighted by Gasteiger charge is 2.16. The highest BCUT2D eigenvalue weighted by atomic mass is 32.2. The van der Waals surface area contributed by atoms with Crippen LogP contribution in [0.3, 0.4) is 0 Å². The molecule has 0 aliphatic heterocycles. The first-order valence-corrected chi connectivity index (χ1v) is 9.68. The zero-order chi connectivity index (χ0) is 20.1. The first-order chi connectivity index (χ1) is 13.4. The van der Waals surface area contributed by atoms with E-state index in [1.54, 1.807) is 19.1 Å². The number of carbonyl (C=O) groups is 2. The maximum absolute atomic E-state index is 12.5. The lowest BCUT2D eigenvalue weighted by Gasteiger charge is -2.12. The van der Waals surface area contributed by atoms with Gasteiger partial charge < -0.3 is 15.2 Å². The lowest BCUT2D eigenvalue weighted by molar-refractivity contribution is -0.115. The van der Waals surface area contributed by atoms with Gasteiger partial charge in [0.15, 0.2) is 5.82 Å². The number of thioether (sulfide) groups is 1. The molecule has 2 aromatic carbocycles. The minimum atomic E-state index is -0.348. The molecule has 1 heterocycles. The minimum absolute atomic E-state index is 0.160. The average molecular weight is 395 g/mol. The largest absolute Gasteiger partial charge is 0.360 e. The van der Waals surface area contributed by atoms with Gasteiger partial charge in [0.25, 0.3) is 5.91 Å². The molecule has 0 fully saturated rings. The smallest absolute Gasteiger partial charge is 0.255 e. The summed E-state index contributed by atoms with van der Waals surface area (Å²) in [5.74, 6) is 0.696. The number of anilines is 2. The zero-order valence-electron chi connectivity index (χ0n) is 15.9. The highest BCUT2D eigenvalue weighted by molar-refractivity contribution is 8.00. The van der Waals surface area contributed by atoms with Crippen LogP contribution in [0.25, 0.3) is 0 Å². The van der Waals surface area contributed by atoms with Gasteiger partial charge in [-0.15, -0.1) is 11.8 Å². The molecule has 0 saturated heterocycles. The lowest BCUT2D eigenvalue weighted by Crippen LogP contribution is -2.22. The van der Waals surface area contributed by atoms with Crippen LogP contribution in [0.4, 0.5) is 11.5 Å². The molecule has 3 rings (SSSR count). The molecule has 1 atom stereocenters. The molecule has 28 heavy (non-hydrogen) atoms. The highest BCUT2D eigenvalue weighted by Crippen LogP contribution is 2.27. The van der Waals surface area contributed by atoms with Crippen molar-refractivity contribution in [3.63, 3.8) is 0 Å². The van der Waals surface area contributed by atoms with Crippen LogP contribution in [0.5, 0.6) is 0 Å². The average Bonchev–Trinajstić information content (AvgIpc) is 3.07. The van der Waals surface area contributed by atoms with E-state index in [0.29, 0.717) is 22.8 Å². The van der Waals surface area contributed by atoms with Crippen LogP contribution >= 0.6 is 11.8 Å². The maximum Gasteiger partial charge on any atom is 0.255 e. The van der Waals surface area contributed by atoms with Crippen molar-refractivity contribution in [3.05, 3.63) is 71.5 Å². The SMILES string of the molecule is Cc1cc(NC(=O)C(C)Sc2cccc(NC(=O)c3ccccc3C)c2)no1. The van der Waals surface area contributed by atoms with Gasteiger partial charge >= 0.3 is 0 Å². The van der Waals surface area contributed by atoms with Gasteiger partial charge in [-0.2, -0.15) is 0 Å². The number of hydrogen-bond acceptors (Lipinski definition) is 5. The maximum atomic E-state index is 12.5. The number of amides is 2. The molecule has 2 amide bonds. The second kappa shape index (κ2) is 8.75. The summed E-state index contributed by atoms with van der Waals surface area (Å²) in [4.78, 5) is 25.7. The van der Waals surface area contributed by atoms with Crippen LogP contribution in [0.2, 0.25) is 0 Å². The van der Waals surface area contributed by atoms with Gasteiger partial charge in [-0.1, -0.05) is 29.4 Å². The lowest BCUT2D eigenvalue weighted by atomic mass is 10.1. The van der Waals surface area contributed by atoms with E-state index in [0.717, 1.165) is 10.5 Å². The van der Waals surface area contributed by atoms with Crippen LogP contribution in [0.15, 0.2) is 64.0 Å². The third-order valence-corrected chi connectivity index (χ3v) is 5.14. The Balaban J connectivity index is 1.63. The fourth-order valence-corrected chi connectivity index (χ4v) is 3.51. The van der Waals surface area contributed by atoms with E-state index < -0.39 is 0 Å². The molecule has 7 heteroatoms. The van der Waals surface area contributed by atoms with E-state index in [2.05, 4.69) is 15.8 Å². The third-order valence-electron chi connectivity index (χ3n) is 4.04. The van der Waals surface area contributed by atoms with Gasteiger partial charge in [0.1, 0.15) is 5.76 Å². The first kappa shape index (κ1) is 19.7. The van der Waals surface area contributed by atoms with Crippen LogP contribution in [-0.4, -0.2) is 22.2 Å². The van der Waals surface area contributed by atoms with Crippen molar-refractivity contribution in [1.82, 2.24) is 5.16 Å². The van der Waals surface area contributed by atoms with Gasteiger partial charge in [-0.25, -0.2) is 0 Å². The number of benzene rings is 2. The third kappa shape index (κ3) is 5.01. The van der Waals surface area contributed by atoms with Crippen LogP contribution in [0, 0.1) is 13.8 Å². The van der Waals surface area contributed by atoms with Gasteiger partial charge in [0.2, 0.25) is 5.91 Å². The number of hydrogen-bond donors (Lipinski definition) is 2. The number of carbonyl (C=O) groups excluding carboxylic acids is 2. The fraction of sp³-hybridized carbons (Fsp3) is 0.190. The minimum Gasteiger partial charge on any atom is -0.360 e. The first-order valence-electron chi connectivity index (χ1n) is 8.80. The van der Waals surface area contributed by atoms with Gasteiger partial charge in [-0.05, 0) is 50.6 Å². The summed E-state index contributed by atoms with van der Waals surface area (Å²) < 4.78 is 4.95. The van der Waals surface area contributed by atoms with Gasteiger partial charge in [0, 0.05) is 22.2 Å². The Hall–Kier alpha value is -3.06. The molecule has 144 valence electrons. The molecule has 1 aromatic heterocycles. The van der Waals surface area contributed by atoms with E-state index in [9.17, 15) is 9.59 Å². The van der Waals surface area contributed by atoms with Crippen molar-refractivity contribution in [3.8, 4) is 0 Å². The summed E-state index contributed by atoms with van der Waals surface area (Å²) in [5.41, 5.74) is 2.23. The molecule has 0 spiro atoms. The topological polar surface area (TPSA) is 84.2 Å². The standard InChI is InChI=1S/C21H21N3O3S/c1-13-7-4-5-10-18(13)21(26)22-16-8-6-9-17(12-16)28-15(3)20(25)23-19-11-14(2)27-24-19/h4-12,15H,1-3H3,(H,22,26)(H,23,24,25). The molecule has 0 bridgehead atoms. The number of rotatable bonds is 6. The normalized spacial score (nSPS) is 11.7. The molecule has 0 radical (unpaired) electrons. The van der Waals surface area contributed by atoms with Crippen LogP contribution in [0.1, 0.15) is 28.6 Å². The summed E-state index contributed by atoms with van der Waals surface area (Å²) in [6.45, 7) is 5.47. The van der Waals surface area contributed by atoms with E-state index in [1.807, 2.05) is 56.3 Å². The number of aromatic nitrogens is 1. The molecule has 2 N–H and O–H groups in total. The second-order valence-corrected chi connectivity index (χ2v) is 7.78. The second-order valence-electron chi connectivity index (χ2n) is 6.37. The summed E-state index contributed by atoms with van der Waals surface area (Å²) in [5, 5.41) is 9.05. The fourth-order valence-electron chi connectivity index (χ4n) is 2.58. The number of nitrogens with one attached hydrogen (secondary N) is 2. The Morgan fingerprint density at radius 2 is 1.82 bits per heavy atom. The Morgan fingerprint density at radius 1 is 1.04 bits per heavy atom. The summed E-state index contributed by atoms with van der Waals surface area (Å²) in [6.07, 6.45) is 0. The van der Waals surface area contributed by atoms with Crippen molar-refractivity contribution >= 4 is 35.1 Å². The van der Waals surface area contributed by atoms with E-state index in [-0.39, 0.29) is 17.1 Å². The molecule has 3 aromatic rings. The molecular formula is C21H21N3O3S. The summed E-state index contributed by atoms with van der Waals surface area (Å²) >= 11 is 1.40. The van der Waals surface area contributed by atoms with Crippen LogP contribution < -0.4 is 10.6 Å². The van der Waals surface area contributed by atoms with E-state index in [1.165, 1.54) is 11.8 Å². The molecule has 0 aliphatic carbocycles. The monoisotopic (exact) mass is 395 g/mol. The Morgan fingerprint density at radius 3 is 2.54 bits per heavy atom. The van der Waals surface area contributed by atoms with Crippen molar-refractivity contribution in [2.75, 3.05) is 10.6 Å². The number of nitrogens with zero attached hydrogens (tertiary/aromatic N) is 1. The van der Waals surface area contributed by atoms with Gasteiger partial charge in [0.05, 0.1) is 5.25 Å². The Labute approximate surface area is 167 Å². The number of aryl methyl sites for hydroxylation is 2. The Bertz CT molecular complexity index is 1000. The van der Waals surface area contributed by atoms with Crippen molar-refractivity contribution in [1.29, 1.82) is 0 Å². The van der Waals surface area contributed by atoms with Crippen LogP contribution in [-0.2, 0) is 4.79 Å². The molecule has 0 aliphatic rings. The van der Waals surface area contributed by atoms with E-state index >= 15 is 0 Å².